The minimum absolute atomic E-state index is 0.0279. The summed E-state index contributed by atoms with van der Waals surface area (Å²) in [4.78, 5) is 23.4. The maximum absolute atomic E-state index is 12.6. The second-order valence-corrected chi connectivity index (χ2v) is 5.99. The predicted octanol–water partition coefficient (Wildman–Crippen LogP) is 3.32. The molecule has 0 radical (unpaired) electrons. The number of carbonyl (C=O) groups is 1. The van der Waals surface area contributed by atoms with Crippen molar-refractivity contribution < 1.29 is 9.90 Å². The zero-order valence-corrected chi connectivity index (χ0v) is 12.5. The smallest absolute Gasteiger partial charge is 0.303 e. The molecule has 1 aliphatic rings. The first kappa shape index (κ1) is 14.1. The van der Waals surface area contributed by atoms with Crippen LogP contribution in [-0.4, -0.2) is 15.6 Å². The lowest BCUT2D eigenvalue weighted by atomic mass is 10.0. The van der Waals surface area contributed by atoms with Crippen molar-refractivity contribution in [3.63, 3.8) is 0 Å². The lowest BCUT2D eigenvalue weighted by molar-refractivity contribution is -0.136. The average molecular weight is 306 g/mol. The number of pyridine rings is 1. The lowest BCUT2D eigenvalue weighted by Crippen LogP contribution is -2.19. The van der Waals surface area contributed by atoms with Crippen LogP contribution in [0.1, 0.15) is 36.6 Å². The number of hydrogen-bond donors (Lipinski definition) is 1. The maximum atomic E-state index is 12.6. The summed E-state index contributed by atoms with van der Waals surface area (Å²) < 4.78 is 2.15. The Balaban J connectivity index is 2.26. The summed E-state index contributed by atoms with van der Waals surface area (Å²) in [6.07, 6.45) is 2.42. The van der Waals surface area contributed by atoms with Crippen LogP contribution in [0.3, 0.4) is 0 Å². The number of fused-ring (bicyclic) bond motifs is 1. The number of nitrogens with zero attached hydrogens (tertiary/aromatic N) is 1. The Bertz CT molecular complexity index is 790. The summed E-state index contributed by atoms with van der Waals surface area (Å²) >= 11 is 6.07. The number of rotatable bonds is 4. The van der Waals surface area contributed by atoms with Crippen LogP contribution in [0.4, 0.5) is 0 Å². The molecule has 1 saturated carbocycles. The molecule has 1 heterocycles. The van der Waals surface area contributed by atoms with Gasteiger partial charge in [-0.15, -0.1) is 0 Å². The van der Waals surface area contributed by atoms with Gasteiger partial charge in [0.1, 0.15) is 0 Å². The van der Waals surface area contributed by atoms with Crippen molar-refractivity contribution in [3.05, 3.63) is 44.7 Å². The zero-order valence-electron chi connectivity index (χ0n) is 11.7. The number of benzene rings is 1. The van der Waals surface area contributed by atoms with Crippen molar-refractivity contribution in [1.82, 2.24) is 4.57 Å². The Morgan fingerprint density at radius 3 is 2.76 bits per heavy atom. The second-order valence-electron chi connectivity index (χ2n) is 5.55. The van der Waals surface area contributed by atoms with Gasteiger partial charge in [-0.3, -0.25) is 9.59 Å². The molecule has 1 aliphatic carbocycles. The van der Waals surface area contributed by atoms with E-state index in [0.717, 1.165) is 24.1 Å². The predicted molar refractivity (Wildman–Crippen MR) is 82.2 cm³/mol. The number of aromatic nitrogens is 1. The molecule has 3 rings (SSSR count). The summed E-state index contributed by atoms with van der Waals surface area (Å²) in [5.74, 6) is -0.886. The topological polar surface area (TPSA) is 59.3 Å². The highest BCUT2D eigenvalue weighted by Gasteiger charge is 2.27. The number of aliphatic carboxylic acids is 1. The second kappa shape index (κ2) is 5.19. The third-order valence-corrected chi connectivity index (χ3v) is 4.27. The van der Waals surface area contributed by atoms with Crippen molar-refractivity contribution in [2.45, 2.75) is 38.6 Å². The van der Waals surface area contributed by atoms with Gasteiger partial charge in [-0.1, -0.05) is 11.6 Å². The van der Waals surface area contributed by atoms with Crippen molar-refractivity contribution in [3.8, 4) is 0 Å². The fraction of sp³-hybridized carbons (Fsp3) is 0.375. The molecule has 0 saturated heterocycles. The van der Waals surface area contributed by atoms with E-state index in [2.05, 4.69) is 4.57 Å². The molecule has 1 aromatic carbocycles. The van der Waals surface area contributed by atoms with Crippen LogP contribution in [0.2, 0.25) is 5.02 Å². The summed E-state index contributed by atoms with van der Waals surface area (Å²) in [5, 5.41) is 10.1. The number of hydrogen-bond acceptors (Lipinski definition) is 2. The highest BCUT2D eigenvalue weighted by molar-refractivity contribution is 6.31. The molecule has 110 valence electrons. The average Bonchev–Trinajstić information content (AvgIpc) is 3.22. The molecule has 0 amide bonds. The van der Waals surface area contributed by atoms with Gasteiger partial charge in [0.25, 0.3) is 0 Å². The monoisotopic (exact) mass is 305 g/mol. The van der Waals surface area contributed by atoms with Gasteiger partial charge in [-0.2, -0.15) is 0 Å². The normalized spacial score (nSPS) is 14.6. The van der Waals surface area contributed by atoms with Gasteiger partial charge in [0, 0.05) is 34.1 Å². The number of halogens is 1. The van der Waals surface area contributed by atoms with Gasteiger partial charge >= 0.3 is 5.97 Å². The van der Waals surface area contributed by atoms with E-state index in [1.54, 1.807) is 12.1 Å². The summed E-state index contributed by atoms with van der Waals surface area (Å²) in [7, 11) is 0. The van der Waals surface area contributed by atoms with E-state index in [1.165, 1.54) is 0 Å². The molecular weight excluding hydrogens is 290 g/mol. The molecule has 4 nitrogen and oxygen atoms in total. The Morgan fingerprint density at radius 1 is 1.43 bits per heavy atom. The first-order chi connectivity index (χ1) is 9.99. The molecule has 0 unspecified atom stereocenters. The molecule has 0 aliphatic heterocycles. The Morgan fingerprint density at radius 2 is 2.14 bits per heavy atom. The van der Waals surface area contributed by atoms with E-state index in [4.69, 9.17) is 16.7 Å². The van der Waals surface area contributed by atoms with E-state index < -0.39 is 5.97 Å². The highest BCUT2D eigenvalue weighted by atomic mass is 35.5. The lowest BCUT2D eigenvalue weighted by Gasteiger charge is -2.17. The molecule has 1 fully saturated rings. The van der Waals surface area contributed by atoms with Gasteiger partial charge < -0.3 is 9.67 Å². The van der Waals surface area contributed by atoms with E-state index in [0.29, 0.717) is 22.0 Å². The van der Waals surface area contributed by atoms with Crippen LogP contribution in [0.15, 0.2) is 23.0 Å². The summed E-state index contributed by atoms with van der Waals surface area (Å²) in [6, 6.07) is 5.67. The minimum Gasteiger partial charge on any atom is -0.481 e. The zero-order chi connectivity index (χ0) is 15.1. The molecule has 1 aromatic heterocycles. The molecule has 0 spiro atoms. The molecule has 2 aromatic rings. The van der Waals surface area contributed by atoms with Gasteiger partial charge in [0.05, 0.1) is 5.52 Å². The van der Waals surface area contributed by atoms with Crippen molar-refractivity contribution in [2.24, 2.45) is 0 Å². The third kappa shape index (κ3) is 2.56. The van der Waals surface area contributed by atoms with Crippen LogP contribution < -0.4 is 5.43 Å². The quantitative estimate of drug-likeness (QED) is 0.942. The van der Waals surface area contributed by atoms with Crippen LogP contribution >= 0.6 is 11.6 Å². The van der Waals surface area contributed by atoms with Crippen LogP contribution in [-0.2, 0) is 11.2 Å². The first-order valence-corrected chi connectivity index (χ1v) is 7.42. The first-order valence-electron chi connectivity index (χ1n) is 7.04. The van der Waals surface area contributed by atoms with Gasteiger partial charge in [-0.05, 0) is 44.4 Å². The van der Waals surface area contributed by atoms with E-state index in [9.17, 15) is 9.59 Å². The van der Waals surface area contributed by atoms with E-state index in [1.807, 2.05) is 13.0 Å². The number of carboxylic acids is 1. The van der Waals surface area contributed by atoms with Gasteiger partial charge in [0.15, 0.2) is 5.43 Å². The van der Waals surface area contributed by atoms with Crippen LogP contribution in [0.25, 0.3) is 10.9 Å². The third-order valence-electron chi connectivity index (χ3n) is 4.04. The SMILES string of the molecule is Cc1c(CCC(=O)O)c(=O)c2ccc(Cl)cc2n1C1CC1. The van der Waals surface area contributed by atoms with Crippen molar-refractivity contribution in [1.29, 1.82) is 0 Å². The van der Waals surface area contributed by atoms with Crippen molar-refractivity contribution >= 4 is 28.5 Å². The fourth-order valence-corrected chi connectivity index (χ4v) is 3.05. The van der Waals surface area contributed by atoms with Gasteiger partial charge in [0.2, 0.25) is 0 Å². The Hall–Kier alpha value is -1.81. The maximum Gasteiger partial charge on any atom is 0.303 e. The minimum atomic E-state index is -0.886. The molecule has 0 bridgehead atoms. The molecule has 1 N–H and O–H groups in total. The largest absolute Gasteiger partial charge is 0.481 e. The summed E-state index contributed by atoms with van der Waals surface area (Å²) in [6.45, 7) is 1.90. The Labute approximate surface area is 127 Å². The van der Waals surface area contributed by atoms with Crippen molar-refractivity contribution in [2.75, 3.05) is 0 Å². The van der Waals surface area contributed by atoms with Gasteiger partial charge in [-0.25, -0.2) is 0 Å². The van der Waals surface area contributed by atoms with E-state index in [-0.39, 0.29) is 18.3 Å². The Kier molecular flexibility index (Phi) is 3.49. The fourth-order valence-electron chi connectivity index (χ4n) is 2.88. The molecule has 5 heteroatoms. The standard InChI is InChI=1S/C16H16ClNO3/c1-9-12(6-7-15(19)20)16(21)13-5-2-10(17)8-14(13)18(9)11-3-4-11/h2,5,8,11H,3-4,6-7H2,1H3,(H,19,20). The van der Waals surface area contributed by atoms with Crippen LogP contribution in [0, 0.1) is 6.92 Å². The molecule has 21 heavy (non-hydrogen) atoms. The molecular formula is C16H16ClNO3. The number of carboxylic acid groups (broad SMARTS) is 1. The van der Waals surface area contributed by atoms with E-state index >= 15 is 0 Å². The van der Waals surface area contributed by atoms with Crippen LogP contribution in [0.5, 0.6) is 0 Å². The summed E-state index contributed by atoms with van der Waals surface area (Å²) in [5.41, 5.74) is 2.27. The molecule has 0 atom stereocenters. The highest BCUT2D eigenvalue weighted by Crippen LogP contribution is 2.39.